The number of hydrogen-bond acceptors (Lipinski definition) is 2. The summed E-state index contributed by atoms with van der Waals surface area (Å²) in [6, 6.07) is 5.77. The van der Waals surface area contributed by atoms with Crippen LogP contribution in [-0.4, -0.2) is 17.8 Å². The number of benzene rings is 1. The van der Waals surface area contributed by atoms with E-state index in [-0.39, 0.29) is 12.0 Å². The fourth-order valence-electron chi connectivity index (χ4n) is 1.80. The van der Waals surface area contributed by atoms with Crippen molar-refractivity contribution in [1.82, 2.24) is 0 Å². The third-order valence-electron chi connectivity index (χ3n) is 2.52. The highest BCUT2D eigenvalue weighted by Gasteiger charge is 2.27. The van der Waals surface area contributed by atoms with Crippen molar-refractivity contribution in [3.8, 4) is 0 Å². The summed E-state index contributed by atoms with van der Waals surface area (Å²) in [5.74, 6) is 0.128. The van der Waals surface area contributed by atoms with Gasteiger partial charge in [-0.1, -0.05) is 17.7 Å². The molecule has 1 aliphatic heterocycles. The van der Waals surface area contributed by atoms with Gasteiger partial charge in [-0.15, -0.1) is 0 Å². The predicted molar refractivity (Wildman–Crippen MR) is 54.4 cm³/mol. The van der Waals surface area contributed by atoms with Crippen LogP contribution >= 0.6 is 11.6 Å². The van der Waals surface area contributed by atoms with E-state index in [1.807, 2.05) is 18.2 Å². The molecule has 1 aliphatic rings. The summed E-state index contributed by atoms with van der Waals surface area (Å²) in [5.41, 5.74) is 2.11. The Morgan fingerprint density at radius 1 is 1.62 bits per heavy atom. The first-order valence-corrected chi connectivity index (χ1v) is 4.78. The highest BCUT2D eigenvalue weighted by molar-refractivity contribution is 6.32. The number of fused-ring (bicyclic) bond motifs is 1. The fraction of sp³-hybridized carbons (Fsp3) is 0.400. The van der Waals surface area contributed by atoms with Gasteiger partial charge in [-0.3, -0.25) is 0 Å². The van der Waals surface area contributed by atoms with E-state index >= 15 is 0 Å². The van der Waals surface area contributed by atoms with Crippen molar-refractivity contribution in [3.63, 3.8) is 0 Å². The summed E-state index contributed by atoms with van der Waals surface area (Å²) in [4.78, 5) is 0. The molecule has 3 heteroatoms. The monoisotopic (exact) mass is 197 g/mol. The molecule has 0 saturated carbocycles. The summed E-state index contributed by atoms with van der Waals surface area (Å²) in [6.07, 6.45) is -0.353. The van der Waals surface area contributed by atoms with Crippen LogP contribution in [0.5, 0.6) is 0 Å². The van der Waals surface area contributed by atoms with Crippen molar-refractivity contribution in [2.75, 3.05) is 11.9 Å². The molecule has 0 radical (unpaired) electrons. The number of nitrogens with one attached hydrogen (secondary N) is 1. The van der Waals surface area contributed by atoms with Gasteiger partial charge in [0.25, 0.3) is 0 Å². The number of halogens is 1. The second-order valence-corrected chi connectivity index (χ2v) is 3.84. The van der Waals surface area contributed by atoms with E-state index in [0.717, 1.165) is 22.8 Å². The Hall–Kier alpha value is -0.730. The minimum Gasteiger partial charge on any atom is -0.393 e. The molecule has 0 aromatic heterocycles. The molecule has 0 bridgehead atoms. The molecule has 0 fully saturated rings. The summed E-state index contributed by atoms with van der Waals surface area (Å²) in [7, 11) is 0. The van der Waals surface area contributed by atoms with Gasteiger partial charge in [-0.2, -0.15) is 0 Å². The van der Waals surface area contributed by atoms with Crippen LogP contribution in [-0.2, 0) is 0 Å². The van der Waals surface area contributed by atoms with Gasteiger partial charge in [0.15, 0.2) is 0 Å². The van der Waals surface area contributed by atoms with Crippen molar-refractivity contribution in [2.24, 2.45) is 0 Å². The number of hydrogen-bond donors (Lipinski definition) is 2. The largest absolute Gasteiger partial charge is 0.393 e. The summed E-state index contributed by atoms with van der Waals surface area (Å²) >= 11 is 6.06. The molecule has 0 amide bonds. The molecule has 0 aliphatic carbocycles. The summed E-state index contributed by atoms with van der Waals surface area (Å²) in [6.45, 7) is 2.57. The normalized spacial score (nSPS) is 22.2. The maximum atomic E-state index is 9.52. The lowest BCUT2D eigenvalue weighted by Gasteiger charge is -2.14. The smallest absolute Gasteiger partial charge is 0.0598 e. The fourth-order valence-corrected chi connectivity index (χ4v) is 2.12. The van der Waals surface area contributed by atoms with Crippen LogP contribution in [0, 0.1) is 0 Å². The van der Waals surface area contributed by atoms with Crippen molar-refractivity contribution < 1.29 is 5.11 Å². The van der Waals surface area contributed by atoms with Crippen LogP contribution in [0.15, 0.2) is 18.2 Å². The standard InChI is InChI=1S/C10H12ClNO/c1-6(13)7-5-12-9-4-2-3-8(11)10(7)9/h2-4,6-7,12-13H,5H2,1H3. The zero-order chi connectivity index (χ0) is 9.42. The van der Waals surface area contributed by atoms with E-state index in [9.17, 15) is 5.11 Å². The van der Waals surface area contributed by atoms with Gasteiger partial charge in [0.05, 0.1) is 6.10 Å². The highest BCUT2D eigenvalue weighted by atomic mass is 35.5. The van der Waals surface area contributed by atoms with Gasteiger partial charge in [0.1, 0.15) is 0 Å². The van der Waals surface area contributed by atoms with Crippen LogP contribution < -0.4 is 5.32 Å². The molecule has 0 spiro atoms. The molecule has 2 atom stereocenters. The summed E-state index contributed by atoms with van der Waals surface area (Å²) in [5, 5.41) is 13.5. The maximum absolute atomic E-state index is 9.52. The van der Waals surface area contributed by atoms with E-state index in [0.29, 0.717) is 0 Å². The zero-order valence-corrected chi connectivity index (χ0v) is 8.17. The van der Waals surface area contributed by atoms with Crippen molar-refractivity contribution in [3.05, 3.63) is 28.8 Å². The first kappa shape index (κ1) is 8.85. The first-order valence-electron chi connectivity index (χ1n) is 4.40. The first-order chi connectivity index (χ1) is 6.20. The van der Waals surface area contributed by atoms with E-state index in [1.54, 1.807) is 6.92 Å². The molecule has 0 saturated heterocycles. The van der Waals surface area contributed by atoms with E-state index in [4.69, 9.17) is 11.6 Å². The molecule has 2 nitrogen and oxygen atoms in total. The van der Waals surface area contributed by atoms with Gasteiger partial charge in [0, 0.05) is 28.7 Å². The van der Waals surface area contributed by atoms with E-state index < -0.39 is 0 Å². The highest BCUT2D eigenvalue weighted by Crippen LogP contribution is 2.38. The Labute approximate surface area is 82.5 Å². The second kappa shape index (κ2) is 3.20. The van der Waals surface area contributed by atoms with Gasteiger partial charge in [0.2, 0.25) is 0 Å². The van der Waals surface area contributed by atoms with E-state index in [1.165, 1.54) is 0 Å². The lowest BCUT2D eigenvalue weighted by atomic mass is 9.96. The van der Waals surface area contributed by atoms with E-state index in [2.05, 4.69) is 5.32 Å². The third-order valence-corrected chi connectivity index (χ3v) is 2.85. The van der Waals surface area contributed by atoms with Crippen LogP contribution in [0.25, 0.3) is 0 Å². The van der Waals surface area contributed by atoms with Crippen molar-refractivity contribution in [1.29, 1.82) is 0 Å². The Kier molecular flexibility index (Phi) is 2.18. The van der Waals surface area contributed by atoms with Gasteiger partial charge in [-0.25, -0.2) is 0 Å². The van der Waals surface area contributed by atoms with Gasteiger partial charge in [-0.05, 0) is 19.1 Å². The maximum Gasteiger partial charge on any atom is 0.0598 e. The Morgan fingerprint density at radius 3 is 3.08 bits per heavy atom. The van der Waals surface area contributed by atoms with Gasteiger partial charge >= 0.3 is 0 Å². The molecule has 2 unspecified atom stereocenters. The molecule has 2 rings (SSSR count). The quantitative estimate of drug-likeness (QED) is 0.724. The molecule has 2 N–H and O–H groups in total. The molecule has 1 aromatic rings. The number of rotatable bonds is 1. The zero-order valence-electron chi connectivity index (χ0n) is 7.42. The topological polar surface area (TPSA) is 32.3 Å². The van der Waals surface area contributed by atoms with Crippen molar-refractivity contribution >= 4 is 17.3 Å². The predicted octanol–water partition coefficient (Wildman–Crippen LogP) is 2.23. The summed E-state index contributed by atoms with van der Waals surface area (Å²) < 4.78 is 0. The SMILES string of the molecule is CC(O)C1CNc2cccc(Cl)c21. The number of aliphatic hydroxyl groups is 1. The van der Waals surface area contributed by atoms with Crippen LogP contribution in [0.3, 0.4) is 0 Å². The molecule has 1 heterocycles. The Bertz CT molecular complexity index is 325. The average molecular weight is 198 g/mol. The minimum atomic E-state index is -0.353. The molecule has 13 heavy (non-hydrogen) atoms. The van der Waals surface area contributed by atoms with Crippen LogP contribution in [0.2, 0.25) is 5.02 Å². The second-order valence-electron chi connectivity index (χ2n) is 3.43. The lowest BCUT2D eigenvalue weighted by molar-refractivity contribution is 0.169. The van der Waals surface area contributed by atoms with Crippen LogP contribution in [0.4, 0.5) is 5.69 Å². The number of anilines is 1. The third kappa shape index (κ3) is 1.40. The van der Waals surface area contributed by atoms with Crippen molar-refractivity contribution in [2.45, 2.75) is 18.9 Å². The lowest BCUT2D eigenvalue weighted by Crippen LogP contribution is -2.16. The Morgan fingerprint density at radius 2 is 2.38 bits per heavy atom. The average Bonchev–Trinajstić information content (AvgIpc) is 2.49. The van der Waals surface area contributed by atoms with Gasteiger partial charge < -0.3 is 10.4 Å². The molecular formula is C10H12ClNO. The number of aliphatic hydroxyl groups excluding tert-OH is 1. The van der Waals surface area contributed by atoms with Crippen LogP contribution in [0.1, 0.15) is 18.4 Å². The molecule has 1 aromatic carbocycles. The molecule has 70 valence electrons. The Balaban J connectivity index is 2.46. The molecular weight excluding hydrogens is 186 g/mol. The minimum absolute atomic E-state index is 0.128.